The van der Waals surface area contributed by atoms with Crippen molar-refractivity contribution in [1.29, 1.82) is 0 Å². The van der Waals surface area contributed by atoms with Crippen LogP contribution in [0.5, 0.6) is 0 Å². The molecule has 5 heteroatoms. The molecule has 1 aliphatic rings. The van der Waals surface area contributed by atoms with Crippen LogP contribution in [0.25, 0.3) is 0 Å². The number of nitrogens with one attached hydrogen (secondary N) is 2. The van der Waals surface area contributed by atoms with Crippen molar-refractivity contribution in [2.45, 2.75) is 32.7 Å². The molecule has 130 valence electrons. The summed E-state index contributed by atoms with van der Waals surface area (Å²) in [6.07, 6.45) is 2.17. The number of aryl methyl sites for hydroxylation is 1. The summed E-state index contributed by atoms with van der Waals surface area (Å²) in [6, 6.07) is 15.3. The number of carbonyl (C=O) groups is 2. The smallest absolute Gasteiger partial charge is 0.319 e. The molecule has 2 aromatic rings. The Labute approximate surface area is 148 Å². The summed E-state index contributed by atoms with van der Waals surface area (Å²) in [5.74, 6) is 0.177. The van der Waals surface area contributed by atoms with Crippen molar-refractivity contribution in [3.63, 3.8) is 0 Å². The first-order valence-electron chi connectivity index (χ1n) is 8.69. The van der Waals surface area contributed by atoms with Crippen molar-refractivity contribution in [3.8, 4) is 0 Å². The van der Waals surface area contributed by atoms with Gasteiger partial charge in [-0.25, -0.2) is 4.79 Å². The zero-order valence-corrected chi connectivity index (χ0v) is 14.4. The van der Waals surface area contributed by atoms with Gasteiger partial charge in [-0.2, -0.15) is 0 Å². The SMILES string of the molecule is CCCN1C(=O)CCc2cc(NC(=O)NCc3ccccc3)ccc21. The molecule has 0 atom stereocenters. The maximum Gasteiger partial charge on any atom is 0.319 e. The highest BCUT2D eigenvalue weighted by Crippen LogP contribution is 2.30. The van der Waals surface area contributed by atoms with E-state index in [9.17, 15) is 9.59 Å². The summed E-state index contributed by atoms with van der Waals surface area (Å²) in [5, 5.41) is 5.72. The molecule has 3 rings (SSSR count). The Morgan fingerprint density at radius 1 is 1.12 bits per heavy atom. The van der Waals surface area contributed by atoms with Crippen molar-refractivity contribution >= 4 is 23.3 Å². The van der Waals surface area contributed by atoms with Gasteiger partial charge in [0.25, 0.3) is 0 Å². The van der Waals surface area contributed by atoms with E-state index in [-0.39, 0.29) is 11.9 Å². The number of nitrogens with zero attached hydrogens (tertiary/aromatic N) is 1. The normalized spacial score (nSPS) is 13.3. The number of anilines is 2. The minimum atomic E-state index is -0.235. The number of fused-ring (bicyclic) bond motifs is 1. The second-order valence-corrected chi connectivity index (χ2v) is 6.18. The predicted octanol–water partition coefficient (Wildman–Crippen LogP) is 3.70. The van der Waals surface area contributed by atoms with E-state index in [0.717, 1.165) is 41.9 Å². The van der Waals surface area contributed by atoms with Crippen LogP contribution < -0.4 is 15.5 Å². The van der Waals surface area contributed by atoms with Gasteiger partial charge in [-0.05, 0) is 42.2 Å². The first kappa shape index (κ1) is 17.0. The molecule has 25 heavy (non-hydrogen) atoms. The van der Waals surface area contributed by atoms with Crippen LogP contribution in [0.15, 0.2) is 48.5 Å². The number of carbonyl (C=O) groups excluding carboxylic acids is 2. The molecule has 2 N–H and O–H groups in total. The molecule has 1 aliphatic heterocycles. The molecule has 0 bridgehead atoms. The highest BCUT2D eigenvalue weighted by Gasteiger charge is 2.23. The summed E-state index contributed by atoms with van der Waals surface area (Å²) in [6.45, 7) is 3.28. The van der Waals surface area contributed by atoms with Crippen LogP contribution >= 0.6 is 0 Å². The predicted molar refractivity (Wildman–Crippen MR) is 99.7 cm³/mol. The fraction of sp³-hybridized carbons (Fsp3) is 0.300. The van der Waals surface area contributed by atoms with Crippen LogP contribution in [-0.4, -0.2) is 18.5 Å². The third-order valence-corrected chi connectivity index (χ3v) is 4.28. The van der Waals surface area contributed by atoms with Crippen LogP contribution in [0.1, 0.15) is 30.9 Å². The Balaban J connectivity index is 1.64. The minimum Gasteiger partial charge on any atom is -0.334 e. The van der Waals surface area contributed by atoms with Gasteiger partial charge >= 0.3 is 6.03 Å². The van der Waals surface area contributed by atoms with Gasteiger partial charge < -0.3 is 15.5 Å². The van der Waals surface area contributed by atoms with E-state index in [2.05, 4.69) is 17.6 Å². The molecule has 3 amide bonds. The van der Waals surface area contributed by atoms with Gasteiger partial charge in [0.15, 0.2) is 0 Å². The first-order chi connectivity index (χ1) is 12.2. The Kier molecular flexibility index (Phi) is 5.33. The zero-order chi connectivity index (χ0) is 17.6. The van der Waals surface area contributed by atoms with E-state index < -0.39 is 0 Å². The zero-order valence-electron chi connectivity index (χ0n) is 14.4. The van der Waals surface area contributed by atoms with Crippen LogP contribution in [0.2, 0.25) is 0 Å². The molecule has 0 aliphatic carbocycles. The molecule has 0 saturated carbocycles. The lowest BCUT2D eigenvalue weighted by Crippen LogP contribution is -2.35. The monoisotopic (exact) mass is 337 g/mol. The van der Waals surface area contributed by atoms with E-state index in [1.54, 1.807) is 0 Å². The molecule has 0 aromatic heterocycles. The lowest BCUT2D eigenvalue weighted by Gasteiger charge is -2.29. The highest BCUT2D eigenvalue weighted by molar-refractivity contribution is 5.97. The summed E-state index contributed by atoms with van der Waals surface area (Å²) in [4.78, 5) is 26.0. The van der Waals surface area contributed by atoms with Crippen molar-refractivity contribution < 1.29 is 9.59 Å². The minimum absolute atomic E-state index is 0.177. The fourth-order valence-electron chi connectivity index (χ4n) is 3.06. The van der Waals surface area contributed by atoms with Gasteiger partial charge in [0.2, 0.25) is 5.91 Å². The number of hydrogen-bond acceptors (Lipinski definition) is 2. The Hall–Kier alpha value is -2.82. The van der Waals surface area contributed by atoms with Crippen LogP contribution in [0, 0.1) is 0 Å². The Morgan fingerprint density at radius 2 is 1.92 bits per heavy atom. The third-order valence-electron chi connectivity index (χ3n) is 4.28. The average Bonchev–Trinajstić information content (AvgIpc) is 2.63. The van der Waals surface area contributed by atoms with Crippen LogP contribution in [0.4, 0.5) is 16.2 Å². The maximum absolute atomic E-state index is 12.1. The number of rotatable bonds is 5. The van der Waals surface area contributed by atoms with Gasteiger partial charge in [-0.1, -0.05) is 37.3 Å². The molecule has 0 fully saturated rings. The second kappa shape index (κ2) is 7.83. The number of hydrogen-bond donors (Lipinski definition) is 2. The summed E-state index contributed by atoms with van der Waals surface area (Å²) >= 11 is 0. The van der Waals surface area contributed by atoms with Gasteiger partial charge in [-0.15, -0.1) is 0 Å². The summed E-state index contributed by atoms with van der Waals surface area (Å²) < 4.78 is 0. The van der Waals surface area contributed by atoms with E-state index >= 15 is 0 Å². The van der Waals surface area contributed by atoms with Crippen LogP contribution in [0.3, 0.4) is 0 Å². The number of benzene rings is 2. The lowest BCUT2D eigenvalue weighted by molar-refractivity contribution is -0.118. The average molecular weight is 337 g/mol. The molecule has 0 spiro atoms. The van der Waals surface area contributed by atoms with E-state index in [1.165, 1.54) is 0 Å². The van der Waals surface area contributed by atoms with E-state index in [4.69, 9.17) is 0 Å². The Bertz CT molecular complexity index is 759. The topological polar surface area (TPSA) is 61.4 Å². The highest BCUT2D eigenvalue weighted by atomic mass is 16.2. The van der Waals surface area contributed by atoms with Crippen molar-refractivity contribution in [2.75, 3.05) is 16.8 Å². The van der Waals surface area contributed by atoms with Crippen LogP contribution in [-0.2, 0) is 17.8 Å². The molecular formula is C20H23N3O2. The van der Waals surface area contributed by atoms with E-state index in [1.807, 2.05) is 53.4 Å². The number of urea groups is 1. The summed E-state index contributed by atoms with van der Waals surface area (Å²) in [5.41, 5.74) is 3.87. The van der Waals surface area contributed by atoms with Gasteiger partial charge in [0.1, 0.15) is 0 Å². The van der Waals surface area contributed by atoms with Crippen molar-refractivity contribution in [3.05, 3.63) is 59.7 Å². The fourth-order valence-corrected chi connectivity index (χ4v) is 3.06. The molecule has 0 unspecified atom stereocenters. The molecule has 2 aromatic carbocycles. The summed E-state index contributed by atoms with van der Waals surface area (Å²) in [7, 11) is 0. The van der Waals surface area contributed by atoms with Gasteiger partial charge in [-0.3, -0.25) is 4.79 Å². The largest absolute Gasteiger partial charge is 0.334 e. The Morgan fingerprint density at radius 3 is 2.68 bits per heavy atom. The molecular weight excluding hydrogens is 314 g/mol. The van der Waals surface area contributed by atoms with Crippen molar-refractivity contribution in [2.24, 2.45) is 0 Å². The standard InChI is InChI=1S/C20H23N3O2/c1-2-12-23-18-10-9-17(13-16(18)8-11-19(23)24)22-20(25)21-14-15-6-4-3-5-7-15/h3-7,9-10,13H,2,8,11-12,14H2,1H3,(H2,21,22,25). The van der Waals surface area contributed by atoms with Crippen molar-refractivity contribution in [1.82, 2.24) is 5.32 Å². The van der Waals surface area contributed by atoms with E-state index in [0.29, 0.717) is 13.0 Å². The third kappa shape index (κ3) is 4.18. The van der Waals surface area contributed by atoms with Gasteiger partial charge in [0.05, 0.1) is 0 Å². The molecule has 5 nitrogen and oxygen atoms in total. The maximum atomic E-state index is 12.1. The lowest BCUT2D eigenvalue weighted by atomic mass is 10.00. The molecule has 0 saturated heterocycles. The van der Waals surface area contributed by atoms with Gasteiger partial charge in [0, 0.05) is 30.9 Å². The number of amides is 3. The molecule has 1 heterocycles. The first-order valence-corrected chi connectivity index (χ1v) is 8.69. The second-order valence-electron chi connectivity index (χ2n) is 6.18. The molecule has 0 radical (unpaired) electrons. The quantitative estimate of drug-likeness (QED) is 0.874.